The van der Waals surface area contributed by atoms with Crippen LogP contribution in [0, 0.1) is 0 Å². The third-order valence-electron chi connectivity index (χ3n) is 1.78. The quantitative estimate of drug-likeness (QED) is 0.626. The summed E-state index contributed by atoms with van der Waals surface area (Å²) in [5.74, 6) is -1.60. The van der Waals surface area contributed by atoms with Crippen molar-refractivity contribution in [3.8, 4) is 0 Å². The first-order chi connectivity index (χ1) is 6.93. The Kier molecular flexibility index (Phi) is 4.16. The molecule has 0 heterocycles. The summed E-state index contributed by atoms with van der Waals surface area (Å²) in [6, 6.07) is 4.71. The lowest BCUT2D eigenvalue weighted by molar-refractivity contribution is -0.120. The van der Waals surface area contributed by atoms with Gasteiger partial charge in [-0.1, -0.05) is 31.9 Å². The molecule has 0 amide bonds. The molecule has 0 aliphatic rings. The summed E-state index contributed by atoms with van der Waals surface area (Å²) in [4.78, 5) is 22.2. The SMILES string of the molecule is CC(=O)C(F)C(=O)c1ccc(Br)cc1Br. The molecular weight excluding hydrogens is 331 g/mol. The second-order valence-electron chi connectivity index (χ2n) is 2.96. The van der Waals surface area contributed by atoms with Crippen molar-refractivity contribution >= 4 is 43.4 Å². The fraction of sp³-hybridized carbons (Fsp3) is 0.200. The van der Waals surface area contributed by atoms with Gasteiger partial charge in [-0.25, -0.2) is 4.39 Å². The van der Waals surface area contributed by atoms with Gasteiger partial charge in [0.1, 0.15) is 0 Å². The maximum absolute atomic E-state index is 13.2. The van der Waals surface area contributed by atoms with Crippen LogP contribution in [0.4, 0.5) is 4.39 Å². The van der Waals surface area contributed by atoms with Crippen LogP contribution in [-0.4, -0.2) is 17.7 Å². The number of alkyl halides is 1. The lowest BCUT2D eigenvalue weighted by Crippen LogP contribution is -2.23. The second kappa shape index (κ2) is 4.99. The number of hydrogen-bond donors (Lipinski definition) is 0. The number of halogens is 3. The van der Waals surface area contributed by atoms with Crippen molar-refractivity contribution in [2.45, 2.75) is 13.1 Å². The molecule has 0 N–H and O–H groups in total. The van der Waals surface area contributed by atoms with Gasteiger partial charge in [-0.3, -0.25) is 9.59 Å². The molecule has 5 heteroatoms. The van der Waals surface area contributed by atoms with Gasteiger partial charge in [0, 0.05) is 14.5 Å². The molecule has 0 spiro atoms. The van der Waals surface area contributed by atoms with Gasteiger partial charge in [0.05, 0.1) is 0 Å². The van der Waals surface area contributed by atoms with Gasteiger partial charge in [-0.2, -0.15) is 0 Å². The first-order valence-electron chi connectivity index (χ1n) is 4.07. The van der Waals surface area contributed by atoms with Gasteiger partial charge in [0.15, 0.2) is 5.78 Å². The highest BCUT2D eigenvalue weighted by Gasteiger charge is 2.25. The van der Waals surface area contributed by atoms with Gasteiger partial charge < -0.3 is 0 Å². The van der Waals surface area contributed by atoms with Crippen LogP contribution in [0.3, 0.4) is 0 Å². The number of benzene rings is 1. The normalized spacial score (nSPS) is 12.3. The smallest absolute Gasteiger partial charge is 0.220 e. The Morgan fingerprint density at radius 2 is 1.93 bits per heavy atom. The molecule has 0 saturated heterocycles. The van der Waals surface area contributed by atoms with Gasteiger partial charge >= 0.3 is 0 Å². The van der Waals surface area contributed by atoms with Crippen molar-refractivity contribution in [3.05, 3.63) is 32.7 Å². The average molecular weight is 338 g/mol. The topological polar surface area (TPSA) is 34.1 Å². The van der Waals surface area contributed by atoms with Crippen molar-refractivity contribution in [2.75, 3.05) is 0 Å². The van der Waals surface area contributed by atoms with Crippen molar-refractivity contribution in [3.63, 3.8) is 0 Å². The lowest BCUT2D eigenvalue weighted by atomic mass is 10.1. The van der Waals surface area contributed by atoms with Crippen LogP contribution in [0.15, 0.2) is 27.1 Å². The van der Waals surface area contributed by atoms with E-state index in [0.29, 0.717) is 4.47 Å². The Morgan fingerprint density at radius 3 is 2.40 bits per heavy atom. The molecule has 0 fully saturated rings. The highest BCUT2D eigenvalue weighted by molar-refractivity contribution is 9.11. The summed E-state index contributed by atoms with van der Waals surface area (Å²) >= 11 is 6.35. The van der Waals surface area contributed by atoms with E-state index >= 15 is 0 Å². The number of ketones is 2. The van der Waals surface area contributed by atoms with Crippen LogP contribution in [0.1, 0.15) is 17.3 Å². The first-order valence-corrected chi connectivity index (χ1v) is 5.66. The molecule has 0 aliphatic heterocycles. The van der Waals surface area contributed by atoms with Crippen molar-refractivity contribution in [2.24, 2.45) is 0 Å². The molecule has 0 saturated carbocycles. The van der Waals surface area contributed by atoms with E-state index in [4.69, 9.17) is 0 Å². The van der Waals surface area contributed by atoms with Gasteiger partial charge in [0.25, 0.3) is 0 Å². The van der Waals surface area contributed by atoms with E-state index < -0.39 is 17.7 Å². The Hall–Kier alpha value is -0.550. The van der Waals surface area contributed by atoms with Crippen LogP contribution in [0.5, 0.6) is 0 Å². The molecule has 0 radical (unpaired) electrons. The zero-order valence-electron chi connectivity index (χ0n) is 7.76. The lowest BCUT2D eigenvalue weighted by Gasteiger charge is -2.06. The molecule has 1 aromatic rings. The van der Waals surface area contributed by atoms with Gasteiger partial charge in [-0.15, -0.1) is 0 Å². The molecule has 0 aromatic heterocycles. The third-order valence-corrected chi connectivity index (χ3v) is 2.93. The van der Waals surface area contributed by atoms with E-state index in [1.807, 2.05) is 0 Å². The molecule has 80 valence electrons. The predicted molar refractivity (Wildman–Crippen MR) is 61.7 cm³/mol. The monoisotopic (exact) mass is 336 g/mol. The first kappa shape index (κ1) is 12.5. The Bertz CT molecular complexity index is 418. The van der Waals surface area contributed by atoms with Gasteiger partial charge in [-0.05, 0) is 25.1 Å². The van der Waals surface area contributed by atoms with Gasteiger partial charge in [0.2, 0.25) is 12.0 Å². The standard InChI is InChI=1S/C10H7Br2FO2/c1-5(14)9(13)10(15)7-3-2-6(11)4-8(7)12/h2-4,9H,1H3. The maximum Gasteiger partial charge on any atom is 0.220 e. The largest absolute Gasteiger partial charge is 0.296 e. The molecule has 1 rings (SSSR count). The average Bonchev–Trinajstić information content (AvgIpc) is 2.15. The fourth-order valence-corrected chi connectivity index (χ4v) is 2.25. The van der Waals surface area contributed by atoms with Crippen LogP contribution in [0.2, 0.25) is 0 Å². The summed E-state index contributed by atoms with van der Waals surface area (Å²) in [5, 5.41) is 0. The zero-order chi connectivity index (χ0) is 11.6. The van der Waals surface area contributed by atoms with Crippen molar-refractivity contribution < 1.29 is 14.0 Å². The molecule has 2 nitrogen and oxygen atoms in total. The number of Topliss-reactive ketones (excluding diaryl/α,β-unsaturated/α-hetero) is 2. The summed E-state index contributed by atoms with van der Waals surface area (Å²) in [5.41, 5.74) is 0.168. The van der Waals surface area contributed by atoms with E-state index in [1.54, 1.807) is 12.1 Å². The summed E-state index contributed by atoms with van der Waals surface area (Å²) in [6.45, 7) is 1.05. The Labute approximate surface area is 103 Å². The number of carbonyl (C=O) groups excluding carboxylic acids is 2. The highest BCUT2D eigenvalue weighted by atomic mass is 79.9. The second-order valence-corrected chi connectivity index (χ2v) is 4.73. The number of hydrogen-bond acceptors (Lipinski definition) is 2. The Balaban J connectivity index is 3.07. The minimum absolute atomic E-state index is 0.168. The van der Waals surface area contributed by atoms with E-state index in [-0.39, 0.29) is 5.56 Å². The van der Waals surface area contributed by atoms with Crippen molar-refractivity contribution in [1.29, 1.82) is 0 Å². The predicted octanol–water partition coefficient (Wildman–Crippen LogP) is 3.32. The fourth-order valence-electron chi connectivity index (χ4n) is 1.01. The highest BCUT2D eigenvalue weighted by Crippen LogP contribution is 2.23. The Morgan fingerprint density at radius 1 is 1.33 bits per heavy atom. The molecular formula is C10H7Br2FO2. The van der Waals surface area contributed by atoms with E-state index in [1.165, 1.54) is 6.07 Å². The molecule has 1 atom stereocenters. The summed E-state index contributed by atoms with van der Waals surface area (Å²) in [6.07, 6.45) is -2.08. The third kappa shape index (κ3) is 2.95. The van der Waals surface area contributed by atoms with E-state index in [0.717, 1.165) is 11.4 Å². The molecule has 0 bridgehead atoms. The van der Waals surface area contributed by atoms with Crippen LogP contribution >= 0.6 is 31.9 Å². The summed E-state index contributed by atoms with van der Waals surface area (Å²) < 4.78 is 14.4. The number of rotatable bonds is 3. The van der Waals surface area contributed by atoms with E-state index in [9.17, 15) is 14.0 Å². The minimum Gasteiger partial charge on any atom is -0.296 e. The van der Waals surface area contributed by atoms with Crippen LogP contribution in [0.25, 0.3) is 0 Å². The number of carbonyl (C=O) groups is 2. The summed E-state index contributed by atoms with van der Waals surface area (Å²) in [7, 11) is 0. The van der Waals surface area contributed by atoms with E-state index in [2.05, 4.69) is 31.9 Å². The zero-order valence-corrected chi connectivity index (χ0v) is 10.9. The maximum atomic E-state index is 13.2. The molecule has 1 unspecified atom stereocenters. The van der Waals surface area contributed by atoms with Crippen LogP contribution < -0.4 is 0 Å². The van der Waals surface area contributed by atoms with Crippen LogP contribution in [-0.2, 0) is 4.79 Å². The molecule has 15 heavy (non-hydrogen) atoms. The van der Waals surface area contributed by atoms with Crippen molar-refractivity contribution in [1.82, 2.24) is 0 Å². The molecule has 1 aromatic carbocycles. The molecule has 0 aliphatic carbocycles. The minimum atomic E-state index is -2.08.